The van der Waals surface area contributed by atoms with Crippen LogP contribution in [-0.4, -0.2) is 36.0 Å². The second kappa shape index (κ2) is 6.13. The van der Waals surface area contributed by atoms with E-state index in [4.69, 9.17) is 14.3 Å². The van der Waals surface area contributed by atoms with Gasteiger partial charge in [-0.15, -0.1) is 0 Å². The summed E-state index contributed by atoms with van der Waals surface area (Å²) in [6, 6.07) is 8.54. The predicted molar refractivity (Wildman–Crippen MR) is 74.5 cm³/mol. The van der Waals surface area contributed by atoms with Crippen LogP contribution in [0.5, 0.6) is 5.75 Å². The van der Waals surface area contributed by atoms with Crippen molar-refractivity contribution in [2.75, 3.05) is 14.2 Å². The zero-order chi connectivity index (χ0) is 15.4. The van der Waals surface area contributed by atoms with Gasteiger partial charge in [0.15, 0.2) is 5.76 Å². The fraction of sp³-hybridized carbons (Fsp3) is 0.200. The van der Waals surface area contributed by atoms with Crippen molar-refractivity contribution in [2.24, 2.45) is 0 Å². The highest BCUT2D eigenvalue weighted by Gasteiger charge is 2.18. The maximum Gasteiger partial charge on any atom is 0.338 e. The molecule has 1 aromatic heterocycles. The Morgan fingerprint density at radius 2 is 1.95 bits per heavy atom. The minimum absolute atomic E-state index is 0.00316. The Morgan fingerprint density at radius 3 is 2.48 bits per heavy atom. The van der Waals surface area contributed by atoms with E-state index >= 15 is 0 Å². The first kappa shape index (κ1) is 14.6. The molecule has 0 bridgehead atoms. The van der Waals surface area contributed by atoms with Crippen molar-refractivity contribution in [1.82, 2.24) is 4.90 Å². The summed E-state index contributed by atoms with van der Waals surface area (Å²) in [7, 11) is 3.21. The van der Waals surface area contributed by atoms with Gasteiger partial charge in [-0.25, -0.2) is 4.79 Å². The number of benzene rings is 1. The Labute approximate surface area is 121 Å². The maximum absolute atomic E-state index is 12.1. The Balaban J connectivity index is 2.05. The van der Waals surface area contributed by atoms with Gasteiger partial charge in [-0.05, 0) is 17.7 Å². The van der Waals surface area contributed by atoms with Gasteiger partial charge in [0.1, 0.15) is 12.0 Å². The average molecular weight is 289 g/mol. The molecular weight excluding hydrogens is 274 g/mol. The number of rotatable bonds is 5. The summed E-state index contributed by atoms with van der Waals surface area (Å²) in [5, 5.41) is 8.81. The number of carboxylic acids is 1. The van der Waals surface area contributed by atoms with Crippen LogP contribution >= 0.6 is 0 Å². The minimum atomic E-state index is -1.13. The van der Waals surface area contributed by atoms with E-state index in [-0.39, 0.29) is 17.2 Å². The molecule has 2 rings (SSSR count). The quantitative estimate of drug-likeness (QED) is 0.913. The lowest BCUT2D eigenvalue weighted by molar-refractivity contribution is 0.0695. The summed E-state index contributed by atoms with van der Waals surface area (Å²) in [4.78, 5) is 24.3. The van der Waals surface area contributed by atoms with Crippen LogP contribution in [0.15, 0.2) is 41.0 Å². The summed E-state index contributed by atoms with van der Waals surface area (Å²) in [5.41, 5.74) is 0.882. The van der Waals surface area contributed by atoms with Gasteiger partial charge in [-0.3, -0.25) is 4.79 Å². The van der Waals surface area contributed by atoms with Gasteiger partial charge in [0, 0.05) is 19.7 Å². The van der Waals surface area contributed by atoms with E-state index in [0.29, 0.717) is 6.54 Å². The highest BCUT2D eigenvalue weighted by atomic mass is 16.5. The van der Waals surface area contributed by atoms with Crippen molar-refractivity contribution in [3.63, 3.8) is 0 Å². The molecule has 1 N–H and O–H groups in total. The highest BCUT2D eigenvalue weighted by molar-refractivity contribution is 5.95. The number of hydrogen-bond donors (Lipinski definition) is 1. The van der Waals surface area contributed by atoms with Crippen molar-refractivity contribution in [1.29, 1.82) is 0 Å². The topological polar surface area (TPSA) is 80.0 Å². The molecule has 0 saturated carbocycles. The van der Waals surface area contributed by atoms with E-state index < -0.39 is 5.97 Å². The Bertz CT molecular complexity index is 644. The first-order valence-electron chi connectivity index (χ1n) is 6.21. The molecule has 6 heteroatoms. The summed E-state index contributed by atoms with van der Waals surface area (Å²) >= 11 is 0. The van der Waals surface area contributed by atoms with E-state index in [1.54, 1.807) is 14.2 Å². The third-order valence-corrected chi connectivity index (χ3v) is 2.98. The van der Waals surface area contributed by atoms with Crippen LogP contribution in [0.4, 0.5) is 0 Å². The highest BCUT2D eigenvalue weighted by Crippen LogP contribution is 2.15. The number of nitrogens with zero attached hydrogens (tertiary/aromatic N) is 1. The van der Waals surface area contributed by atoms with Gasteiger partial charge in [-0.2, -0.15) is 0 Å². The lowest BCUT2D eigenvalue weighted by atomic mass is 10.2. The fourth-order valence-electron chi connectivity index (χ4n) is 1.83. The molecule has 1 aromatic carbocycles. The minimum Gasteiger partial charge on any atom is -0.497 e. The van der Waals surface area contributed by atoms with Crippen molar-refractivity contribution >= 4 is 11.9 Å². The van der Waals surface area contributed by atoms with Crippen LogP contribution in [0.3, 0.4) is 0 Å². The molecule has 1 heterocycles. The predicted octanol–water partition coefficient (Wildman–Crippen LogP) is 2.26. The van der Waals surface area contributed by atoms with Gasteiger partial charge in [0.25, 0.3) is 5.91 Å². The number of carbonyl (C=O) groups excluding carboxylic acids is 1. The van der Waals surface area contributed by atoms with Crippen molar-refractivity contribution in [2.45, 2.75) is 6.54 Å². The smallest absolute Gasteiger partial charge is 0.338 e. The average Bonchev–Trinajstić information content (AvgIpc) is 2.97. The number of aromatic carboxylic acids is 1. The normalized spacial score (nSPS) is 10.2. The molecule has 0 fully saturated rings. The number of ether oxygens (including phenoxy) is 1. The van der Waals surface area contributed by atoms with Crippen LogP contribution in [0, 0.1) is 0 Å². The molecule has 0 aliphatic rings. The van der Waals surface area contributed by atoms with E-state index in [2.05, 4.69) is 0 Å². The number of hydrogen-bond acceptors (Lipinski definition) is 4. The standard InChI is InChI=1S/C15H15NO5/c1-16(8-10-3-5-12(20-2)6-4-10)14(17)13-7-11(9-21-13)15(18)19/h3-7,9H,8H2,1-2H3,(H,18,19). The van der Waals surface area contributed by atoms with E-state index in [9.17, 15) is 9.59 Å². The number of amides is 1. The zero-order valence-electron chi connectivity index (χ0n) is 11.7. The molecule has 21 heavy (non-hydrogen) atoms. The third kappa shape index (κ3) is 3.42. The van der Waals surface area contributed by atoms with Gasteiger partial charge in [-0.1, -0.05) is 12.1 Å². The van der Waals surface area contributed by atoms with E-state index in [1.165, 1.54) is 11.0 Å². The van der Waals surface area contributed by atoms with Crippen molar-refractivity contribution in [3.8, 4) is 5.75 Å². The Kier molecular flexibility index (Phi) is 4.27. The van der Waals surface area contributed by atoms with Crippen LogP contribution in [0.2, 0.25) is 0 Å². The molecule has 0 unspecified atom stereocenters. The molecule has 0 aliphatic heterocycles. The number of carbonyl (C=O) groups is 2. The van der Waals surface area contributed by atoms with Gasteiger partial charge in [0.2, 0.25) is 0 Å². The fourth-order valence-corrected chi connectivity index (χ4v) is 1.83. The Hall–Kier alpha value is -2.76. The molecule has 0 aliphatic carbocycles. The van der Waals surface area contributed by atoms with E-state index in [0.717, 1.165) is 17.6 Å². The summed E-state index contributed by atoms with van der Waals surface area (Å²) in [6.07, 6.45) is 1.05. The molecule has 0 saturated heterocycles. The summed E-state index contributed by atoms with van der Waals surface area (Å²) in [6.45, 7) is 0.381. The van der Waals surface area contributed by atoms with Crippen LogP contribution in [0.25, 0.3) is 0 Å². The van der Waals surface area contributed by atoms with Crippen LogP contribution in [-0.2, 0) is 6.54 Å². The van der Waals surface area contributed by atoms with Gasteiger partial charge < -0.3 is 19.2 Å². The lowest BCUT2D eigenvalue weighted by Gasteiger charge is -2.15. The first-order valence-corrected chi connectivity index (χ1v) is 6.21. The summed E-state index contributed by atoms with van der Waals surface area (Å²) in [5.74, 6) is -0.762. The lowest BCUT2D eigenvalue weighted by Crippen LogP contribution is -2.25. The zero-order valence-corrected chi connectivity index (χ0v) is 11.7. The first-order chi connectivity index (χ1) is 10.0. The molecule has 2 aromatic rings. The van der Waals surface area contributed by atoms with Gasteiger partial charge >= 0.3 is 5.97 Å². The molecular formula is C15H15NO5. The molecule has 6 nitrogen and oxygen atoms in total. The number of methoxy groups -OCH3 is 1. The Morgan fingerprint density at radius 1 is 1.29 bits per heavy atom. The van der Waals surface area contributed by atoms with Crippen LogP contribution < -0.4 is 4.74 Å². The monoisotopic (exact) mass is 289 g/mol. The number of furan rings is 1. The SMILES string of the molecule is COc1ccc(CN(C)C(=O)c2cc(C(=O)O)co2)cc1. The molecule has 0 atom stereocenters. The van der Waals surface area contributed by atoms with Crippen molar-refractivity contribution in [3.05, 3.63) is 53.5 Å². The molecule has 1 amide bonds. The summed E-state index contributed by atoms with van der Waals surface area (Å²) < 4.78 is 10.1. The van der Waals surface area contributed by atoms with Crippen molar-refractivity contribution < 1.29 is 23.8 Å². The second-order valence-electron chi connectivity index (χ2n) is 4.51. The van der Waals surface area contributed by atoms with E-state index in [1.807, 2.05) is 24.3 Å². The van der Waals surface area contributed by atoms with Gasteiger partial charge in [0.05, 0.1) is 12.7 Å². The molecule has 0 radical (unpaired) electrons. The third-order valence-electron chi connectivity index (χ3n) is 2.98. The maximum atomic E-state index is 12.1. The second-order valence-corrected chi connectivity index (χ2v) is 4.51. The molecule has 0 spiro atoms. The molecule has 110 valence electrons. The number of carboxylic acid groups (broad SMARTS) is 1. The van der Waals surface area contributed by atoms with Crippen LogP contribution in [0.1, 0.15) is 26.5 Å². The largest absolute Gasteiger partial charge is 0.497 e.